The van der Waals surface area contributed by atoms with Gasteiger partial charge in [-0.15, -0.1) is 0 Å². The zero-order valence-electron chi connectivity index (χ0n) is 10.8. The number of hydrogen-bond donors (Lipinski definition) is 1. The summed E-state index contributed by atoms with van der Waals surface area (Å²) in [6.45, 7) is 6.44. The molecule has 1 aromatic carbocycles. The van der Waals surface area contributed by atoms with E-state index >= 15 is 0 Å². The van der Waals surface area contributed by atoms with Gasteiger partial charge < -0.3 is 14.8 Å². The second kappa shape index (κ2) is 8.59. The van der Waals surface area contributed by atoms with Gasteiger partial charge in [0.2, 0.25) is 0 Å². The molecule has 18 heavy (non-hydrogen) atoms. The first-order valence-electron chi connectivity index (χ1n) is 6.08. The number of hydrogen-bond acceptors (Lipinski definition) is 3. The van der Waals surface area contributed by atoms with Crippen LogP contribution in [0.25, 0.3) is 0 Å². The van der Waals surface area contributed by atoms with E-state index in [1.165, 1.54) is 0 Å². The highest BCUT2D eigenvalue weighted by molar-refractivity contribution is 6.35. The van der Waals surface area contributed by atoms with Crippen molar-refractivity contribution in [2.45, 2.75) is 26.8 Å². The molecule has 0 saturated carbocycles. The van der Waals surface area contributed by atoms with Crippen LogP contribution < -0.4 is 10.1 Å². The number of ether oxygens (including phenoxy) is 2. The maximum absolute atomic E-state index is 6.13. The number of halogens is 2. The molecule has 5 heteroatoms. The minimum Gasteiger partial charge on any atom is -0.466 e. The van der Waals surface area contributed by atoms with E-state index in [1.54, 1.807) is 6.07 Å². The first-order valence-corrected chi connectivity index (χ1v) is 6.83. The van der Waals surface area contributed by atoms with Gasteiger partial charge in [-0.05, 0) is 32.0 Å². The summed E-state index contributed by atoms with van der Waals surface area (Å²) < 4.78 is 10.7. The van der Waals surface area contributed by atoms with Crippen molar-refractivity contribution >= 4 is 23.2 Å². The van der Waals surface area contributed by atoms with Crippen molar-refractivity contribution in [1.29, 1.82) is 0 Å². The van der Waals surface area contributed by atoms with Crippen molar-refractivity contribution in [1.82, 2.24) is 5.32 Å². The summed E-state index contributed by atoms with van der Waals surface area (Å²) >= 11 is 12.1. The molecule has 0 fully saturated rings. The smallest absolute Gasteiger partial charge is 0.189 e. The third-order valence-corrected chi connectivity index (χ3v) is 2.82. The molecule has 0 unspecified atom stereocenters. The minimum absolute atomic E-state index is 0.193. The van der Waals surface area contributed by atoms with Gasteiger partial charge in [0.1, 0.15) is 5.75 Å². The van der Waals surface area contributed by atoms with E-state index in [0.29, 0.717) is 28.9 Å². The Labute approximate surface area is 118 Å². The third-order valence-electron chi connectivity index (χ3n) is 2.32. The molecule has 0 radical (unpaired) electrons. The highest BCUT2D eigenvalue weighted by atomic mass is 35.5. The molecular weight excluding hydrogens is 273 g/mol. The standard InChI is InChI=1S/C13H19Cl2NO2/c1-3-5-16-8-10-6-11(14)7-12(15)13(10)18-9-17-4-2/h6-7,16H,3-5,8-9H2,1-2H3. The van der Waals surface area contributed by atoms with E-state index in [4.69, 9.17) is 32.7 Å². The Morgan fingerprint density at radius 3 is 2.67 bits per heavy atom. The Hall–Kier alpha value is -0.480. The maximum atomic E-state index is 6.13. The van der Waals surface area contributed by atoms with Crippen molar-refractivity contribution in [3.05, 3.63) is 27.7 Å². The Kier molecular flexibility index (Phi) is 7.44. The second-order valence-corrected chi connectivity index (χ2v) is 4.65. The summed E-state index contributed by atoms with van der Waals surface area (Å²) in [6.07, 6.45) is 1.07. The van der Waals surface area contributed by atoms with Crippen LogP contribution in [0.1, 0.15) is 25.8 Å². The van der Waals surface area contributed by atoms with Gasteiger partial charge in [0, 0.05) is 23.7 Å². The van der Waals surface area contributed by atoms with E-state index < -0.39 is 0 Å². The molecule has 0 atom stereocenters. The van der Waals surface area contributed by atoms with Crippen molar-refractivity contribution in [3.8, 4) is 5.75 Å². The van der Waals surface area contributed by atoms with E-state index in [2.05, 4.69) is 12.2 Å². The van der Waals surface area contributed by atoms with Gasteiger partial charge >= 0.3 is 0 Å². The van der Waals surface area contributed by atoms with Gasteiger partial charge in [-0.1, -0.05) is 30.1 Å². The van der Waals surface area contributed by atoms with E-state index in [1.807, 2.05) is 13.0 Å². The Bertz CT molecular complexity index is 372. The summed E-state index contributed by atoms with van der Waals surface area (Å²) in [5, 5.41) is 4.42. The summed E-state index contributed by atoms with van der Waals surface area (Å²) in [4.78, 5) is 0. The lowest BCUT2D eigenvalue weighted by Crippen LogP contribution is -2.15. The van der Waals surface area contributed by atoms with E-state index in [0.717, 1.165) is 18.5 Å². The van der Waals surface area contributed by atoms with Gasteiger partial charge in [0.15, 0.2) is 6.79 Å². The molecule has 0 amide bonds. The fraction of sp³-hybridized carbons (Fsp3) is 0.538. The lowest BCUT2D eigenvalue weighted by molar-refractivity contribution is 0.0218. The molecule has 102 valence electrons. The van der Waals surface area contributed by atoms with Crippen LogP contribution in [0.5, 0.6) is 5.75 Å². The molecular formula is C13H19Cl2NO2. The molecule has 1 aromatic rings. The van der Waals surface area contributed by atoms with Gasteiger partial charge in [-0.3, -0.25) is 0 Å². The fourth-order valence-corrected chi connectivity index (χ4v) is 2.08. The fourth-order valence-electron chi connectivity index (χ4n) is 1.49. The molecule has 0 aliphatic heterocycles. The topological polar surface area (TPSA) is 30.5 Å². The highest BCUT2D eigenvalue weighted by Gasteiger charge is 2.10. The summed E-state index contributed by atoms with van der Waals surface area (Å²) in [6, 6.07) is 3.53. The van der Waals surface area contributed by atoms with Crippen LogP contribution in [0.15, 0.2) is 12.1 Å². The van der Waals surface area contributed by atoms with Crippen molar-refractivity contribution in [2.75, 3.05) is 19.9 Å². The molecule has 0 saturated heterocycles. The van der Waals surface area contributed by atoms with Crippen LogP contribution in [0.4, 0.5) is 0 Å². The second-order valence-electron chi connectivity index (χ2n) is 3.81. The van der Waals surface area contributed by atoms with Crippen LogP contribution >= 0.6 is 23.2 Å². The molecule has 0 spiro atoms. The zero-order valence-corrected chi connectivity index (χ0v) is 12.3. The predicted molar refractivity (Wildman–Crippen MR) is 75.6 cm³/mol. The molecule has 0 aliphatic carbocycles. The van der Waals surface area contributed by atoms with Crippen molar-refractivity contribution in [3.63, 3.8) is 0 Å². The first kappa shape index (κ1) is 15.6. The lowest BCUT2D eigenvalue weighted by atomic mass is 10.2. The minimum atomic E-state index is 0.193. The molecule has 0 heterocycles. The largest absolute Gasteiger partial charge is 0.466 e. The zero-order chi connectivity index (χ0) is 13.4. The van der Waals surface area contributed by atoms with Crippen molar-refractivity contribution < 1.29 is 9.47 Å². The number of benzene rings is 1. The van der Waals surface area contributed by atoms with Crippen LogP contribution in [-0.4, -0.2) is 19.9 Å². The van der Waals surface area contributed by atoms with Gasteiger partial charge in [0.05, 0.1) is 5.02 Å². The van der Waals surface area contributed by atoms with Crippen LogP contribution in [-0.2, 0) is 11.3 Å². The highest BCUT2D eigenvalue weighted by Crippen LogP contribution is 2.32. The molecule has 3 nitrogen and oxygen atoms in total. The Morgan fingerprint density at radius 1 is 1.22 bits per heavy atom. The van der Waals surface area contributed by atoms with Gasteiger partial charge in [-0.25, -0.2) is 0 Å². The molecule has 0 aliphatic rings. The van der Waals surface area contributed by atoms with E-state index in [9.17, 15) is 0 Å². The average molecular weight is 292 g/mol. The first-order chi connectivity index (χ1) is 8.69. The normalized spacial score (nSPS) is 10.7. The van der Waals surface area contributed by atoms with Crippen LogP contribution in [0, 0.1) is 0 Å². The quantitative estimate of drug-likeness (QED) is 0.583. The Balaban J connectivity index is 2.76. The van der Waals surface area contributed by atoms with Gasteiger partial charge in [-0.2, -0.15) is 0 Å². The molecule has 0 bridgehead atoms. The van der Waals surface area contributed by atoms with Crippen molar-refractivity contribution in [2.24, 2.45) is 0 Å². The molecule has 1 rings (SSSR count). The third kappa shape index (κ3) is 5.02. The average Bonchev–Trinajstić information content (AvgIpc) is 2.32. The SMILES string of the molecule is CCCNCc1cc(Cl)cc(Cl)c1OCOCC. The number of rotatable bonds is 8. The Morgan fingerprint density at radius 2 is 2.00 bits per heavy atom. The van der Waals surface area contributed by atoms with Crippen LogP contribution in [0.3, 0.4) is 0 Å². The summed E-state index contributed by atoms with van der Waals surface area (Å²) in [5.41, 5.74) is 0.945. The molecule has 0 aromatic heterocycles. The monoisotopic (exact) mass is 291 g/mol. The predicted octanol–water partition coefficient (Wildman–Crippen LogP) is 3.87. The van der Waals surface area contributed by atoms with E-state index in [-0.39, 0.29) is 6.79 Å². The van der Waals surface area contributed by atoms with Gasteiger partial charge in [0.25, 0.3) is 0 Å². The summed E-state index contributed by atoms with van der Waals surface area (Å²) in [7, 11) is 0. The number of nitrogens with one attached hydrogen (secondary N) is 1. The maximum Gasteiger partial charge on any atom is 0.189 e. The molecule has 1 N–H and O–H groups in total. The summed E-state index contributed by atoms with van der Waals surface area (Å²) in [5.74, 6) is 0.637. The lowest BCUT2D eigenvalue weighted by Gasteiger charge is -2.14. The van der Waals surface area contributed by atoms with Crippen LogP contribution in [0.2, 0.25) is 10.0 Å².